The highest BCUT2D eigenvalue weighted by atomic mass is 15.1. The number of hydrogen-bond donors (Lipinski definition) is 3. The van der Waals surface area contributed by atoms with Crippen molar-refractivity contribution < 1.29 is 0 Å². The molecule has 0 aromatic carbocycles. The van der Waals surface area contributed by atoms with Gasteiger partial charge in [-0.05, 0) is 19.0 Å². The molecule has 2 aromatic heterocycles. The first-order chi connectivity index (χ1) is 8.35. The Morgan fingerprint density at radius 2 is 2.24 bits per heavy atom. The normalized spacial score (nSPS) is 12.8. The van der Waals surface area contributed by atoms with Crippen LogP contribution in [0.5, 0.6) is 0 Å². The number of aromatic amines is 1. The molecule has 0 fully saturated rings. The van der Waals surface area contributed by atoms with E-state index in [1.165, 1.54) is 0 Å². The Kier molecular flexibility index (Phi) is 3.93. The fraction of sp³-hybridized carbons (Fsp3) is 0.500. The fourth-order valence-corrected chi connectivity index (χ4v) is 1.80. The van der Waals surface area contributed by atoms with Gasteiger partial charge in [0.1, 0.15) is 17.8 Å². The minimum Gasteiger partial charge on any atom is -0.365 e. The summed E-state index contributed by atoms with van der Waals surface area (Å²) in [6, 6.07) is 2.39. The molecule has 2 aromatic rings. The average molecular weight is 233 g/mol. The second kappa shape index (κ2) is 5.63. The zero-order chi connectivity index (χ0) is 12.1. The molecule has 0 aliphatic heterocycles. The molecule has 3 N–H and O–H groups in total. The highest BCUT2D eigenvalue weighted by Crippen LogP contribution is 2.18. The number of rotatable bonds is 6. The van der Waals surface area contributed by atoms with E-state index in [2.05, 4.69) is 39.4 Å². The summed E-state index contributed by atoms with van der Waals surface area (Å²) in [6.07, 6.45) is 4.53. The molecule has 0 aliphatic rings. The minimum absolute atomic E-state index is 0.392. The van der Waals surface area contributed by atoms with Crippen molar-refractivity contribution in [3.05, 3.63) is 18.6 Å². The molecule has 17 heavy (non-hydrogen) atoms. The first-order valence-corrected chi connectivity index (χ1v) is 6.10. The van der Waals surface area contributed by atoms with E-state index >= 15 is 0 Å². The van der Waals surface area contributed by atoms with Crippen LogP contribution in [0.25, 0.3) is 11.0 Å². The van der Waals surface area contributed by atoms with Crippen LogP contribution in [0.15, 0.2) is 18.6 Å². The third kappa shape index (κ3) is 2.74. The number of fused-ring (bicyclic) bond motifs is 1. The van der Waals surface area contributed by atoms with Crippen LogP contribution in [0, 0.1) is 0 Å². The van der Waals surface area contributed by atoms with Crippen LogP contribution in [-0.2, 0) is 0 Å². The first-order valence-electron chi connectivity index (χ1n) is 6.10. The highest BCUT2D eigenvalue weighted by molar-refractivity contribution is 5.86. The van der Waals surface area contributed by atoms with Crippen molar-refractivity contribution in [3.63, 3.8) is 0 Å². The van der Waals surface area contributed by atoms with E-state index in [0.717, 1.165) is 36.4 Å². The smallest absolute Gasteiger partial charge is 0.142 e. The molecule has 0 bridgehead atoms. The van der Waals surface area contributed by atoms with Gasteiger partial charge < -0.3 is 15.6 Å². The van der Waals surface area contributed by atoms with E-state index in [9.17, 15) is 0 Å². The number of nitrogens with zero attached hydrogens (tertiary/aromatic N) is 2. The van der Waals surface area contributed by atoms with E-state index in [-0.39, 0.29) is 0 Å². The van der Waals surface area contributed by atoms with Gasteiger partial charge in [-0.3, -0.25) is 0 Å². The van der Waals surface area contributed by atoms with Crippen LogP contribution in [0.3, 0.4) is 0 Å². The maximum atomic E-state index is 4.30. The number of hydrogen-bond acceptors (Lipinski definition) is 4. The molecular weight excluding hydrogens is 214 g/mol. The lowest BCUT2D eigenvalue weighted by Crippen LogP contribution is -2.32. The largest absolute Gasteiger partial charge is 0.365 e. The zero-order valence-electron chi connectivity index (χ0n) is 10.3. The molecule has 5 nitrogen and oxygen atoms in total. The van der Waals surface area contributed by atoms with Crippen LogP contribution in [0.1, 0.15) is 20.3 Å². The molecular formula is C12H19N5. The number of nitrogens with one attached hydrogen (secondary N) is 3. The van der Waals surface area contributed by atoms with Gasteiger partial charge >= 0.3 is 0 Å². The SMILES string of the molecule is CCNCC(CC)Nc1ncnc2[nH]ccc12. The van der Waals surface area contributed by atoms with Gasteiger partial charge in [-0.15, -0.1) is 0 Å². The van der Waals surface area contributed by atoms with Crippen molar-refractivity contribution in [1.29, 1.82) is 0 Å². The van der Waals surface area contributed by atoms with Gasteiger partial charge in [0.25, 0.3) is 0 Å². The van der Waals surface area contributed by atoms with Crippen molar-refractivity contribution in [2.45, 2.75) is 26.3 Å². The number of anilines is 1. The molecule has 92 valence electrons. The Morgan fingerprint density at radius 1 is 1.35 bits per heavy atom. The summed E-state index contributed by atoms with van der Waals surface area (Å²) in [5, 5.41) is 7.85. The molecule has 0 spiro atoms. The second-order valence-electron chi connectivity index (χ2n) is 4.02. The lowest BCUT2D eigenvalue weighted by atomic mass is 10.2. The van der Waals surface area contributed by atoms with E-state index in [1.807, 2.05) is 12.3 Å². The summed E-state index contributed by atoms with van der Waals surface area (Å²) in [4.78, 5) is 11.6. The third-order valence-electron chi connectivity index (χ3n) is 2.83. The van der Waals surface area contributed by atoms with Crippen molar-refractivity contribution in [1.82, 2.24) is 20.3 Å². The summed E-state index contributed by atoms with van der Waals surface area (Å²) in [6.45, 7) is 6.22. The highest BCUT2D eigenvalue weighted by Gasteiger charge is 2.09. The molecule has 1 unspecified atom stereocenters. The molecule has 2 rings (SSSR count). The summed E-state index contributed by atoms with van der Waals surface area (Å²) >= 11 is 0. The van der Waals surface area contributed by atoms with E-state index < -0.39 is 0 Å². The van der Waals surface area contributed by atoms with Crippen LogP contribution in [0.4, 0.5) is 5.82 Å². The fourth-order valence-electron chi connectivity index (χ4n) is 1.80. The quantitative estimate of drug-likeness (QED) is 0.711. The second-order valence-corrected chi connectivity index (χ2v) is 4.02. The van der Waals surface area contributed by atoms with Gasteiger partial charge in [0.15, 0.2) is 0 Å². The summed E-state index contributed by atoms with van der Waals surface area (Å²) in [5.41, 5.74) is 0.876. The topological polar surface area (TPSA) is 65.6 Å². The maximum Gasteiger partial charge on any atom is 0.142 e. The average Bonchev–Trinajstić information content (AvgIpc) is 2.83. The monoisotopic (exact) mass is 233 g/mol. The van der Waals surface area contributed by atoms with E-state index in [0.29, 0.717) is 6.04 Å². The van der Waals surface area contributed by atoms with E-state index in [1.54, 1.807) is 6.33 Å². The van der Waals surface area contributed by atoms with Crippen molar-refractivity contribution in [2.75, 3.05) is 18.4 Å². The number of likely N-dealkylation sites (N-methyl/N-ethyl adjacent to an activating group) is 1. The minimum atomic E-state index is 0.392. The Labute approximate surface area is 101 Å². The molecule has 0 amide bonds. The lowest BCUT2D eigenvalue weighted by molar-refractivity contribution is 0.604. The predicted molar refractivity (Wildman–Crippen MR) is 70.1 cm³/mol. The van der Waals surface area contributed by atoms with Gasteiger partial charge in [0, 0.05) is 18.8 Å². The van der Waals surface area contributed by atoms with Crippen molar-refractivity contribution >= 4 is 16.9 Å². The first kappa shape index (κ1) is 11.9. The molecule has 0 saturated carbocycles. The number of aromatic nitrogens is 3. The van der Waals surface area contributed by atoms with Crippen LogP contribution < -0.4 is 10.6 Å². The lowest BCUT2D eigenvalue weighted by Gasteiger charge is -2.18. The summed E-state index contributed by atoms with van der Waals surface area (Å²) in [7, 11) is 0. The third-order valence-corrected chi connectivity index (χ3v) is 2.83. The molecule has 2 heterocycles. The van der Waals surface area contributed by atoms with Crippen molar-refractivity contribution in [2.24, 2.45) is 0 Å². The van der Waals surface area contributed by atoms with Crippen LogP contribution in [0.2, 0.25) is 0 Å². The van der Waals surface area contributed by atoms with E-state index in [4.69, 9.17) is 0 Å². The number of H-pyrrole nitrogens is 1. The molecule has 0 radical (unpaired) electrons. The van der Waals surface area contributed by atoms with Gasteiger partial charge in [-0.2, -0.15) is 0 Å². The Balaban J connectivity index is 2.13. The predicted octanol–water partition coefficient (Wildman–Crippen LogP) is 1.76. The molecule has 5 heteroatoms. The van der Waals surface area contributed by atoms with Gasteiger partial charge in [0.05, 0.1) is 5.39 Å². The maximum absolute atomic E-state index is 4.30. The van der Waals surface area contributed by atoms with Gasteiger partial charge in [-0.1, -0.05) is 13.8 Å². The Bertz CT molecular complexity index is 465. The molecule has 1 atom stereocenters. The summed E-state index contributed by atoms with van der Waals surface area (Å²) < 4.78 is 0. The Hall–Kier alpha value is -1.62. The zero-order valence-corrected chi connectivity index (χ0v) is 10.3. The van der Waals surface area contributed by atoms with Crippen molar-refractivity contribution in [3.8, 4) is 0 Å². The standard InChI is InChI=1S/C12H19N5/c1-3-9(7-13-4-2)17-12-10-5-6-14-11(10)15-8-16-12/h5-6,8-9,13H,3-4,7H2,1-2H3,(H2,14,15,16,17). The van der Waals surface area contributed by atoms with Gasteiger partial charge in [0.2, 0.25) is 0 Å². The van der Waals surface area contributed by atoms with Crippen LogP contribution >= 0.6 is 0 Å². The summed E-state index contributed by atoms with van der Waals surface area (Å²) in [5.74, 6) is 0.904. The Morgan fingerprint density at radius 3 is 3.00 bits per heavy atom. The van der Waals surface area contributed by atoms with Gasteiger partial charge in [-0.25, -0.2) is 9.97 Å². The molecule has 0 aliphatic carbocycles. The van der Waals surface area contributed by atoms with Crippen LogP contribution in [-0.4, -0.2) is 34.1 Å². The molecule has 0 saturated heterocycles.